The van der Waals surface area contributed by atoms with E-state index >= 15 is 0 Å². The average molecular weight is 244 g/mol. The zero-order valence-corrected chi connectivity index (χ0v) is 10.3. The normalized spacial score (nSPS) is 10.4. The molecule has 0 radical (unpaired) electrons. The highest BCUT2D eigenvalue weighted by Gasteiger charge is 2.07. The largest absolute Gasteiger partial charge is 0.294 e. The average Bonchev–Trinajstić information content (AvgIpc) is 2.32. The van der Waals surface area contributed by atoms with Crippen LogP contribution in [0.1, 0.15) is 34.4 Å². The first kappa shape index (κ1) is 12.4. The van der Waals surface area contributed by atoms with E-state index in [1.807, 2.05) is 0 Å². The van der Waals surface area contributed by atoms with Crippen molar-refractivity contribution < 1.29 is 9.18 Å². The fraction of sp³-hybridized carbons (Fsp3) is 0.214. The Labute approximate surface area is 105 Å². The van der Waals surface area contributed by atoms with E-state index in [2.05, 4.69) is 9.97 Å². The zero-order chi connectivity index (χ0) is 13.1. The van der Waals surface area contributed by atoms with Crippen molar-refractivity contribution in [1.82, 2.24) is 9.97 Å². The van der Waals surface area contributed by atoms with Gasteiger partial charge in [0.15, 0.2) is 5.78 Å². The molecule has 2 aromatic rings. The summed E-state index contributed by atoms with van der Waals surface area (Å²) in [4.78, 5) is 19.7. The molecule has 92 valence electrons. The molecule has 0 bridgehead atoms. The summed E-state index contributed by atoms with van der Waals surface area (Å²) in [5.74, 6) is 0.327. The van der Waals surface area contributed by atoms with Gasteiger partial charge in [0.25, 0.3) is 0 Å². The number of hydrogen-bond acceptors (Lipinski definition) is 3. The number of rotatable bonds is 3. The van der Waals surface area contributed by atoms with Crippen molar-refractivity contribution in [1.29, 1.82) is 0 Å². The van der Waals surface area contributed by atoms with Gasteiger partial charge in [-0.1, -0.05) is 12.1 Å². The standard InChI is InChI=1S/C14H13FN2O/c1-9-13(10(2)18)8-16-14(17-9)7-11-3-5-12(15)6-4-11/h3-6,8H,7H2,1-2H3. The van der Waals surface area contributed by atoms with Crippen molar-refractivity contribution in [3.05, 3.63) is 58.9 Å². The van der Waals surface area contributed by atoms with Crippen LogP contribution in [0.5, 0.6) is 0 Å². The highest BCUT2D eigenvalue weighted by Crippen LogP contribution is 2.10. The number of aromatic nitrogens is 2. The van der Waals surface area contributed by atoms with Crippen LogP contribution in [0.15, 0.2) is 30.5 Å². The number of halogens is 1. The molecule has 0 aliphatic carbocycles. The number of aryl methyl sites for hydroxylation is 1. The monoisotopic (exact) mass is 244 g/mol. The number of hydrogen-bond donors (Lipinski definition) is 0. The molecule has 4 heteroatoms. The number of Topliss-reactive ketones (excluding diaryl/α,β-unsaturated/α-hetero) is 1. The Morgan fingerprint density at radius 2 is 1.94 bits per heavy atom. The summed E-state index contributed by atoms with van der Waals surface area (Å²) in [6.07, 6.45) is 2.07. The molecule has 0 N–H and O–H groups in total. The molecule has 0 atom stereocenters. The lowest BCUT2D eigenvalue weighted by Gasteiger charge is -2.04. The van der Waals surface area contributed by atoms with E-state index in [0.29, 0.717) is 23.5 Å². The Kier molecular flexibility index (Phi) is 3.46. The fourth-order valence-electron chi connectivity index (χ4n) is 1.73. The minimum absolute atomic E-state index is 0.0409. The summed E-state index contributed by atoms with van der Waals surface area (Å²) < 4.78 is 12.8. The van der Waals surface area contributed by atoms with E-state index in [4.69, 9.17) is 0 Å². The van der Waals surface area contributed by atoms with Crippen LogP contribution in [-0.2, 0) is 6.42 Å². The van der Waals surface area contributed by atoms with Crippen LogP contribution in [0, 0.1) is 12.7 Å². The van der Waals surface area contributed by atoms with Crippen molar-refractivity contribution in [2.75, 3.05) is 0 Å². The maximum Gasteiger partial charge on any atom is 0.163 e. The first-order chi connectivity index (χ1) is 8.56. The van der Waals surface area contributed by atoms with Crippen LogP contribution in [0.4, 0.5) is 4.39 Å². The van der Waals surface area contributed by atoms with Crippen LogP contribution in [-0.4, -0.2) is 15.8 Å². The first-order valence-corrected chi connectivity index (χ1v) is 5.64. The van der Waals surface area contributed by atoms with Crippen molar-refractivity contribution in [2.24, 2.45) is 0 Å². The van der Waals surface area contributed by atoms with Gasteiger partial charge in [-0.2, -0.15) is 0 Å². The molecule has 18 heavy (non-hydrogen) atoms. The Bertz CT molecular complexity index is 579. The number of carbonyl (C=O) groups excluding carboxylic acids is 1. The molecular weight excluding hydrogens is 231 g/mol. The lowest BCUT2D eigenvalue weighted by atomic mass is 10.1. The summed E-state index contributed by atoms with van der Waals surface area (Å²) >= 11 is 0. The Morgan fingerprint density at radius 3 is 2.50 bits per heavy atom. The quantitative estimate of drug-likeness (QED) is 0.780. The van der Waals surface area contributed by atoms with E-state index < -0.39 is 0 Å². The van der Waals surface area contributed by atoms with Gasteiger partial charge in [-0.3, -0.25) is 4.79 Å². The highest BCUT2D eigenvalue weighted by atomic mass is 19.1. The minimum Gasteiger partial charge on any atom is -0.294 e. The van der Waals surface area contributed by atoms with E-state index in [1.54, 1.807) is 25.3 Å². The minimum atomic E-state index is -0.261. The summed E-state index contributed by atoms with van der Waals surface area (Å²) in [7, 11) is 0. The first-order valence-electron chi connectivity index (χ1n) is 5.64. The van der Waals surface area contributed by atoms with Crippen LogP contribution in [0.25, 0.3) is 0 Å². The second-order valence-corrected chi connectivity index (χ2v) is 4.14. The van der Waals surface area contributed by atoms with Crippen molar-refractivity contribution in [2.45, 2.75) is 20.3 Å². The number of carbonyl (C=O) groups is 1. The van der Waals surface area contributed by atoms with Gasteiger partial charge in [0.05, 0.1) is 11.3 Å². The third kappa shape index (κ3) is 2.77. The van der Waals surface area contributed by atoms with E-state index in [1.165, 1.54) is 19.1 Å². The predicted octanol–water partition coefficient (Wildman–Crippen LogP) is 2.72. The zero-order valence-electron chi connectivity index (χ0n) is 10.3. The summed E-state index contributed by atoms with van der Waals surface area (Å²) in [5, 5.41) is 0. The van der Waals surface area contributed by atoms with Crippen molar-refractivity contribution in [3.63, 3.8) is 0 Å². The molecule has 0 amide bonds. The number of nitrogens with zero attached hydrogens (tertiary/aromatic N) is 2. The van der Waals surface area contributed by atoms with Crippen LogP contribution in [0.2, 0.25) is 0 Å². The molecule has 1 aromatic carbocycles. The lowest BCUT2D eigenvalue weighted by molar-refractivity contribution is 0.101. The Morgan fingerprint density at radius 1 is 1.28 bits per heavy atom. The third-order valence-electron chi connectivity index (χ3n) is 2.68. The van der Waals surface area contributed by atoms with Crippen LogP contribution >= 0.6 is 0 Å². The topological polar surface area (TPSA) is 42.9 Å². The molecule has 0 aliphatic rings. The van der Waals surface area contributed by atoms with Gasteiger partial charge in [-0.15, -0.1) is 0 Å². The van der Waals surface area contributed by atoms with Gasteiger partial charge in [-0.25, -0.2) is 14.4 Å². The third-order valence-corrected chi connectivity index (χ3v) is 2.68. The SMILES string of the molecule is CC(=O)c1cnc(Cc2ccc(F)cc2)nc1C. The maximum absolute atomic E-state index is 12.8. The van der Waals surface area contributed by atoms with Crippen molar-refractivity contribution >= 4 is 5.78 Å². The maximum atomic E-state index is 12.8. The summed E-state index contributed by atoms with van der Waals surface area (Å²) in [5.41, 5.74) is 2.15. The van der Waals surface area contributed by atoms with Crippen LogP contribution in [0.3, 0.4) is 0 Å². The molecule has 1 aromatic heterocycles. The molecule has 3 nitrogen and oxygen atoms in total. The number of ketones is 1. The molecular formula is C14H13FN2O. The Hall–Kier alpha value is -2.10. The molecule has 0 unspecified atom stereocenters. The van der Waals surface area contributed by atoms with Gasteiger partial charge >= 0.3 is 0 Å². The van der Waals surface area contributed by atoms with Gasteiger partial charge in [0, 0.05) is 12.6 Å². The van der Waals surface area contributed by atoms with Gasteiger partial charge < -0.3 is 0 Å². The second-order valence-electron chi connectivity index (χ2n) is 4.14. The van der Waals surface area contributed by atoms with Gasteiger partial charge in [0.2, 0.25) is 0 Å². The van der Waals surface area contributed by atoms with E-state index in [0.717, 1.165) is 5.56 Å². The van der Waals surface area contributed by atoms with Crippen molar-refractivity contribution in [3.8, 4) is 0 Å². The Balaban J connectivity index is 2.22. The smallest absolute Gasteiger partial charge is 0.163 e. The van der Waals surface area contributed by atoms with Crippen LogP contribution < -0.4 is 0 Å². The lowest BCUT2D eigenvalue weighted by Crippen LogP contribution is -2.05. The summed E-state index contributed by atoms with van der Waals surface area (Å²) in [6, 6.07) is 6.22. The predicted molar refractivity (Wildman–Crippen MR) is 66.0 cm³/mol. The number of benzene rings is 1. The summed E-state index contributed by atoms with van der Waals surface area (Å²) in [6.45, 7) is 3.28. The highest BCUT2D eigenvalue weighted by molar-refractivity contribution is 5.94. The van der Waals surface area contributed by atoms with Gasteiger partial charge in [0.1, 0.15) is 11.6 Å². The molecule has 0 fully saturated rings. The molecule has 0 saturated heterocycles. The fourth-order valence-corrected chi connectivity index (χ4v) is 1.73. The van der Waals surface area contributed by atoms with E-state index in [-0.39, 0.29) is 11.6 Å². The van der Waals surface area contributed by atoms with Gasteiger partial charge in [-0.05, 0) is 31.5 Å². The van der Waals surface area contributed by atoms with E-state index in [9.17, 15) is 9.18 Å². The molecule has 2 rings (SSSR count). The molecule has 0 spiro atoms. The molecule has 1 heterocycles. The molecule has 0 aliphatic heterocycles. The molecule has 0 saturated carbocycles. The second kappa shape index (κ2) is 5.04.